The Bertz CT molecular complexity index is 1390. The number of likely N-dealkylation sites (tertiary alicyclic amines) is 1. The van der Waals surface area contributed by atoms with Gasteiger partial charge in [-0.1, -0.05) is 18.2 Å². The first kappa shape index (κ1) is 21.7. The number of sulfone groups is 1. The van der Waals surface area contributed by atoms with E-state index in [2.05, 4.69) is 15.2 Å². The highest BCUT2D eigenvalue weighted by atomic mass is 32.2. The van der Waals surface area contributed by atoms with Crippen LogP contribution in [0.5, 0.6) is 0 Å². The molecule has 5 rings (SSSR count). The van der Waals surface area contributed by atoms with E-state index in [9.17, 15) is 18.3 Å². The van der Waals surface area contributed by atoms with Crippen molar-refractivity contribution in [1.82, 2.24) is 20.1 Å². The van der Waals surface area contributed by atoms with Gasteiger partial charge in [0.05, 0.1) is 38.2 Å². The van der Waals surface area contributed by atoms with Crippen molar-refractivity contribution in [3.05, 3.63) is 77.1 Å². The van der Waals surface area contributed by atoms with Gasteiger partial charge in [-0.3, -0.25) is 9.89 Å². The molecule has 1 aliphatic heterocycles. The van der Waals surface area contributed by atoms with Crippen molar-refractivity contribution in [2.75, 3.05) is 13.1 Å². The second kappa shape index (κ2) is 8.36. The van der Waals surface area contributed by atoms with E-state index in [4.69, 9.17) is 0 Å². The molecule has 2 N–H and O–H groups in total. The van der Waals surface area contributed by atoms with Gasteiger partial charge in [0.1, 0.15) is 0 Å². The van der Waals surface area contributed by atoms with Crippen LogP contribution in [0.1, 0.15) is 34.3 Å². The summed E-state index contributed by atoms with van der Waals surface area (Å²) in [4.78, 5) is 19.1. The molecule has 10 heteroatoms. The van der Waals surface area contributed by atoms with Crippen molar-refractivity contribution >= 4 is 37.3 Å². The van der Waals surface area contributed by atoms with Crippen molar-refractivity contribution in [3.63, 3.8) is 0 Å². The third-order valence-electron chi connectivity index (χ3n) is 6.13. The van der Waals surface area contributed by atoms with Gasteiger partial charge in [-0.15, -0.1) is 11.3 Å². The van der Waals surface area contributed by atoms with Crippen LogP contribution < -0.4 is 0 Å². The zero-order valence-electron chi connectivity index (χ0n) is 17.6. The van der Waals surface area contributed by atoms with Crippen LogP contribution >= 0.6 is 11.3 Å². The molecule has 0 unspecified atom stereocenters. The minimum atomic E-state index is -3.58. The lowest BCUT2D eigenvalue weighted by Gasteiger charge is -2.37. The number of nitrogens with zero attached hydrogens (tertiary/aromatic N) is 3. The van der Waals surface area contributed by atoms with Gasteiger partial charge in [-0.05, 0) is 42.7 Å². The topological polar surface area (TPSA) is 116 Å². The van der Waals surface area contributed by atoms with E-state index in [0.717, 1.165) is 10.3 Å². The Morgan fingerprint density at radius 1 is 1.15 bits per heavy atom. The van der Waals surface area contributed by atoms with E-state index in [-0.39, 0.29) is 16.6 Å². The fourth-order valence-electron chi connectivity index (χ4n) is 4.21. The summed E-state index contributed by atoms with van der Waals surface area (Å²) in [5, 5.41) is 17.4. The maximum absolute atomic E-state index is 13.0. The summed E-state index contributed by atoms with van der Waals surface area (Å²) in [5.41, 5.74) is 2.98. The Balaban J connectivity index is 1.27. The van der Waals surface area contributed by atoms with Gasteiger partial charge in [0.15, 0.2) is 9.84 Å². The van der Waals surface area contributed by atoms with Crippen LogP contribution in [0.25, 0.3) is 10.2 Å². The maximum atomic E-state index is 13.0. The molecule has 33 heavy (non-hydrogen) atoms. The molecule has 2 aromatic carbocycles. The van der Waals surface area contributed by atoms with Crippen LogP contribution in [0.4, 0.5) is 0 Å². The van der Waals surface area contributed by atoms with E-state index in [1.54, 1.807) is 59.2 Å². The van der Waals surface area contributed by atoms with Crippen LogP contribution in [0.15, 0.2) is 65.3 Å². The Hall–Kier alpha value is -3.08. The molecular weight excluding hydrogens is 460 g/mol. The number of fused-ring (bicyclic) bond motifs is 1. The standard InChI is InChI=1S/C23H22N4O4S2/c28-22(27-10-8-23(29,9-11-27)18-12-25-26-13-18)17-6-4-16(5-7-17)14-33(30,31)20-3-1-2-19-21(20)24-15-32-19/h1-7,12-13,15,29H,8-11,14H2,(H,25,26). The molecule has 0 bridgehead atoms. The highest BCUT2D eigenvalue weighted by Gasteiger charge is 2.36. The summed E-state index contributed by atoms with van der Waals surface area (Å²) < 4.78 is 26.8. The first-order valence-electron chi connectivity index (χ1n) is 10.5. The number of hydrogen-bond acceptors (Lipinski definition) is 7. The van der Waals surface area contributed by atoms with Crippen LogP contribution in [-0.4, -0.2) is 52.6 Å². The summed E-state index contributed by atoms with van der Waals surface area (Å²) in [6, 6.07) is 11.8. The fourth-order valence-corrected chi connectivity index (χ4v) is 6.51. The van der Waals surface area contributed by atoms with Crippen molar-refractivity contribution in [1.29, 1.82) is 0 Å². The molecule has 1 amide bonds. The Morgan fingerprint density at radius 3 is 2.61 bits per heavy atom. The van der Waals surface area contributed by atoms with E-state index >= 15 is 0 Å². The average Bonchev–Trinajstić information content (AvgIpc) is 3.52. The van der Waals surface area contributed by atoms with E-state index in [1.165, 1.54) is 11.3 Å². The van der Waals surface area contributed by atoms with Crippen LogP contribution in [-0.2, 0) is 21.2 Å². The first-order valence-corrected chi connectivity index (χ1v) is 13.0. The number of carbonyl (C=O) groups is 1. The average molecular weight is 483 g/mol. The van der Waals surface area contributed by atoms with Gasteiger partial charge in [-0.2, -0.15) is 5.10 Å². The SMILES string of the molecule is O=C(c1ccc(CS(=O)(=O)c2cccc3scnc23)cc1)N1CCC(O)(c2cn[nH]c2)CC1. The normalized spacial score (nSPS) is 16.2. The predicted molar refractivity (Wildman–Crippen MR) is 125 cm³/mol. The second-order valence-electron chi connectivity index (χ2n) is 8.22. The Labute approximate surface area is 194 Å². The van der Waals surface area contributed by atoms with Gasteiger partial charge >= 0.3 is 0 Å². The molecule has 2 aromatic heterocycles. The van der Waals surface area contributed by atoms with Gasteiger partial charge in [0.25, 0.3) is 5.91 Å². The second-order valence-corrected chi connectivity index (χ2v) is 11.1. The van der Waals surface area contributed by atoms with Crippen molar-refractivity contribution < 1.29 is 18.3 Å². The summed E-state index contributed by atoms with van der Waals surface area (Å²) in [6.45, 7) is 0.850. The zero-order chi connectivity index (χ0) is 23.1. The number of carbonyl (C=O) groups excluding carboxylic acids is 1. The number of rotatable bonds is 5. The summed E-state index contributed by atoms with van der Waals surface area (Å²) >= 11 is 1.40. The number of aliphatic hydroxyl groups is 1. The third-order valence-corrected chi connectivity index (χ3v) is 8.64. The molecule has 1 saturated heterocycles. The Morgan fingerprint density at radius 2 is 1.91 bits per heavy atom. The molecular formula is C23H22N4O4S2. The van der Waals surface area contributed by atoms with Crippen molar-refractivity contribution in [2.24, 2.45) is 0 Å². The number of para-hydroxylation sites is 1. The molecule has 0 aliphatic carbocycles. The monoisotopic (exact) mass is 482 g/mol. The van der Waals surface area contributed by atoms with Crippen LogP contribution in [0.3, 0.4) is 0 Å². The smallest absolute Gasteiger partial charge is 0.253 e. The van der Waals surface area contributed by atoms with Gasteiger partial charge in [0.2, 0.25) is 0 Å². The Kier molecular flexibility index (Phi) is 5.51. The van der Waals surface area contributed by atoms with Crippen LogP contribution in [0.2, 0.25) is 0 Å². The highest BCUT2D eigenvalue weighted by Crippen LogP contribution is 2.33. The molecule has 3 heterocycles. The lowest BCUT2D eigenvalue weighted by atomic mass is 9.86. The molecule has 0 saturated carbocycles. The minimum Gasteiger partial charge on any atom is -0.385 e. The number of nitrogens with one attached hydrogen (secondary N) is 1. The molecule has 0 spiro atoms. The zero-order valence-corrected chi connectivity index (χ0v) is 19.3. The van der Waals surface area contributed by atoms with E-state index in [0.29, 0.717) is 42.6 Å². The molecule has 1 aliphatic rings. The number of hydrogen-bond donors (Lipinski definition) is 2. The lowest BCUT2D eigenvalue weighted by Crippen LogP contribution is -2.45. The summed E-state index contributed by atoms with van der Waals surface area (Å²) in [6.07, 6.45) is 4.14. The van der Waals surface area contributed by atoms with Gasteiger partial charge < -0.3 is 10.0 Å². The number of thiazole rings is 1. The maximum Gasteiger partial charge on any atom is 0.253 e. The molecule has 0 atom stereocenters. The van der Waals surface area contributed by atoms with Gasteiger partial charge in [0, 0.05) is 30.4 Å². The van der Waals surface area contributed by atoms with Crippen molar-refractivity contribution in [2.45, 2.75) is 29.1 Å². The van der Waals surface area contributed by atoms with Gasteiger partial charge in [-0.25, -0.2) is 13.4 Å². The lowest BCUT2D eigenvalue weighted by molar-refractivity contribution is -0.0211. The van der Waals surface area contributed by atoms with Crippen LogP contribution in [0, 0.1) is 0 Å². The molecule has 170 valence electrons. The van der Waals surface area contributed by atoms with E-state index in [1.807, 2.05) is 6.07 Å². The third kappa shape index (κ3) is 4.17. The van der Waals surface area contributed by atoms with Crippen molar-refractivity contribution in [3.8, 4) is 0 Å². The number of aromatic amines is 1. The molecule has 1 fully saturated rings. The minimum absolute atomic E-state index is 0.133. The number of aromatic nitrogens is 3. The highest BCUT2D eigenvalue weighted by molar-refractivity contribution is 7.90. The largest absolute Gasteiger partial charge is 0.385 e. The number of H-pyrrole nitrogens is 1. The fraction of sp³-hybridized carbons (Fsp3) is 0.261. The first-order chi connectivity index (χ1) is 15.9. The summed E-state index contributed by atoms with van der Waals surface area (Å²) in [7, 11) is -3.58. The number of benzene rings is 2. The number of amides is 1. The number of piperidine rings is 1. The molecule has 0 radical (unpaired) electrons. The molecule has 4 aromatic rings. The summed E-state index contributed by atoms with van der Waals surface area (Å²) in [5.74, 6) is -0.301. The van der Waals surface area contributed by atoms with E-state index < -0.39 is 15.4 Å². The quantitative estimate of drug-likeness (QED) is 0.452. The predicted octanol–water partition coefficient (Wildman–Crippen LogP) is 3.12. The molecule has 8 nitrogen and oxygen atoms in total.